The Balaban J connectivity index is 1.48. The lowest BCUT2D eigenvalue weighted by molar-refractivity contribution is -0.122. The first-order chi connectivity index (χ1) is 17.9. The Morgan fingerprint density at radius 1 is 1.11 bits per heavy atom. The first-order valence-electron chi connectivity index (χ1n) is 11.5. The quantitative estimate of drug-likeness (QED) is 0.307. The molecule has 2 aromatic carbocycles. The van der Waals surface area contributed by atoms with E-state index in [9.17, 15) is 9.59 Å². The number of carbonyl (C=O) groups excluding carboxylic acids is 2. The third kappa shape index (κ3) is 6.10. The SMILES string of the molecule is COc1ccc(N(C)C(=O)CNC(=O)C=Cc2ccco2)c(Cl)c1COc1cccc2ccc(C)nc12. The van der Waals surface area contributed by atoms with Gasteiger partial charge in [0.2, 0.25) is 11.8 Å². The summed E-state index contributed by atoms with van der Waals surface area (Å²) in [5, 5.41) is 3.83. The number of hydrogen-bond acceptors (Lipinski definition) is 6. The number of aryl methyl sites for hydroxylation is 1. The number of methoxy groups -OCH3 is 1. The van der Waals surface area contributed by atoms with Crippen molar-refractivity contribution in [3.8, 4) is 11.5 Å². The van der Waals surface area contributed by atoms with Crippen molar-refractivity contribution in [1.29, 1.82) is 0 Å². The summed E-state index contributed by atoms with van der Waals surface area (Å²) in [5.74, 6) is 0.891. The summed E-state index contributed by atoms with van der Waals surface area (Å²) in [5.41, 5.74) is 2.66. The van der Waals surface area contributed by atoms with Crippen LogP contribution in [0.15, 0.2) is 71.4 Å². The summed E-state index contributed by atoms with van der Waals surface area (Å²) in [4.78, 5) is 30.8. The number of nitrogens with one attached hydrogen (secondary N) is 1. The van der Waals surface area contributed by atoms with Crippen molar-refractivity contribution < 1.29 is 23.5 Å². The summed E-state index contributed by atoms with van der Waals surface area (Å²) >= 11 is 6.73. The number of amides is 2. The zero-order valence-electron chi connectivity index (χ0n) is 20.7. The monoisotopic (exact) mass is 519 g/mol. The number of likely N-dealkylation sites (N-methyl/N-ethyl adjacent to an activating group) is 1. The summed E-state index contributed by atoms with van der Waals surface area (Å²) in [7, 11) is 3.13. The Bertz CT molecular complexity index is 1450. The molecule has 4 rings (SSSR count). The molecule has 2 aromatic heterocycles. The molecule has 9 heteroatoms. The minimum absolute atomic E-state index is 0.0981. The van der Waals surface area contributed by atoms with Crippen molar-refractivity contribution in [2.45, 2.75) is 13.5 Å². The number of halogens is 1. The Morgan fingerprint density at radius 2 is 1.95 bits per heavy atom. The Morgan fingerprint density at radius 3 is 2.70 bits per heavy atom. The van der Waals surface area contributed by atoms with Crippen LogP contribution in [-0.4, -0.2) is 37.5 Å². The third-order valence-electron chi connectivity index (χ3n) is 5.69. The molecule has 0 atom stereocenters. The van der Waals surface area contributed by atoms with Crippen LogP contribution in [0.5, 0.6) is 11.5 Å². The van der Waals surface area contributed by atoms with Crippen molar-refractivity contribution in [3.63, 3.8) is 0 Å². The largest absolute Gasteiger partial charge is 0.496 e. The van der Waals surface area contributed by atoms with E-state index in [0.717, 1.165) is 16.6 Å². The molecule has 190 valence electrons. The summed E-state index contributed by atoms with van der Waals surface area (Å²) < 4.78 is 16.8. The molecule has 0 radical (unpaired) electrons. The first kappa shape index (κ1) is 25.8. The van der Waals surface area contributed by atoms with Gasteiger partial charge in [0.05, 0.1) is 36.2 Å². The van der Waals surface area contributed by atoms with Gasteiger partial charge in [0.25, 0.3) is 0 Å². The highest BCUT2D eigenvalue weighted by Crippen LogP contribution is 2.36. The van der Waals surface area contributed by atoms with Crippen LogP contribution < -0.4 is 19.7 Å². The molecule has 0 spiro atoms. The third-order valence-corrected chi connectivity index (χ3v) is 6.11. The minimum Gasteiger partial charge on any atom is -0.496 e. The highest BCUT2D eigenvalue weighted by atomic mass is 35.5. The van der Waals surface area contributed by atoms with Crippen LogP contribution in [0.25, 0.3) is 17.0 Å². The summed E-state index contributed by atoms with van der Waals surface area (Å²) in [6, 6.07) is 16.5. The molecule has 0 aliphatic carbocycles. The molecule has 0 saturated carbocycles. The Kier molecular flexibility index (Phi) is 8.10. The molecular weight excluding hydrogens is 494 g/mol. The zero-order chi connectivity index (χ0) is 26.4. The fraction of sp³-hybridized carbons (Fsp3) is 0.179. The second-order valence-corrected chi connectivity index (χ2v) is 8.55. The maximum Gasteiger partial charge on any atom is 0.246 e. The van der Waals surface area contributed by atoms with Gasteiger partial charge >= 0.3 is 0 Å². The maximum absolute atomic E-state index is 12.8. The van der Waals surface area contributed by atoms with E-state index >= 15 is 0 Å². The average Bonchev–Trinajstić information content (AvgIpc) is 3.43. The van der Waals surface area contributed by atoms with E-state index < -0.39 is 5.91 Å². The normalized spacial score (nSPS) is 11.0. The van der Waals surface area contributed by atoms with Crippen LogP contribution in [0, 0.1) is 6.92 Å². The number of anilines is 1. The van der Waals surface area contributed by atoms with E-state index in [1.807, 2.05) is 37.3 Å². The van der Waals surface area contributed by atoms with Crippen LogP contribution in [-0.2, 0) is 16.2 Å². The number of fused-ring (bicyclic) bond motifs is 1. The van der Waals surface area contributed by atoms with E-state index in [0.29, 0.717) is 33.5 Å². The van der Waals surface area contributed by atoms with Gasteiger partial charge in [-0.3, -0.25) is 9.59 Å². The molecule has 8 nitrogen and oxygen atoms in total. The first-order valence-corrected chi connectivity index (χ1v) is 11.9. The predicted octanol–water partition coefficient (Wildman–Crippen LogP) is 5.17. The van der Waals surface area contributed by atoms with E-state index in [-0.39, 0.29) is 19.1 Å². The topological polar surface area (TPSA) is 93.9 Å². The molecule has 0 unspecified atom stereocenters. The number of carbonyl (C=O) groups is 2. The van der Waals surface area contributed by atoms with Crippen molar-refractivity contribution in [2.75, 3.05) is 25.6 Å². The van der Waals surface area contributed by atoms with Gasteiger partial charge in [-0.05, 0) is 49.4 Å². The molecule has 0 aliphatic heterocycles. The Labute approximate surface area is 219 Å². The standard InChI is InChI=1S/C28H26ClN3O5/c1-18-9-10-19-6-4-8-24(28(19)31-18)37-17-21-23(35-3)13-12-22(27(21)29)32(2)26(34)16-30-25(33)14-11-20-7-5-15-36-20/h4-15H,16-17H2,1-3H3,(H,30,33). The molecule has 0 saturated heterocycles. The van der Waals surface area contributed by atoms with Crippen molar-refractivity contribution in [3.05, 3.63) is 89.0 Å². The molecule has 2 amide bonds. The van der Waals surface area contributed by atoms with Gasteiger partial charge in [-0.1, -0.05) is 29.8 Å². The van der Waals surface area contributed by atoms with Gasteiger partial charge in [0.1, 0.15) is 29.4 Å². The van der Waals surface area contributed by atoms with Crippen LogP contribution in [0.1, 0.15) is 17.0 Å². The second kappa shape index (κ2) is 11.6. The lowest BCUT2D eigenvalue weighted by Crippen LogP contribution is -2.37. The van der Waals surface area contributed by atoms with Gasteiger partial charge < -0.3 is 24.1 Å². The molecule has 1 N–H and O–H groups in total. The number of aromatic nitrogens is 1. The molecule has 2 heterocycles. The number of rotatable bonds is 9. The maximum atomic E-state index is 12.8. The van der Waals surface area contributed by atoms with Gasteiger partial charge in [-0.25, -0.2) is 4.98 Å². The number of pyridine rings is 1. The van der Waals surface area contributed by atoms with Gasteiger partial charge in [0.15, 0.2) is 0 Å². The fourth-order valence-corrected chi connectivity index (χ4v) is 4.02. The lowest BCUT2D eigenvalue weighted by atomic mass is 10.1. The molecule has 0 bridgehead atoms. The predicted molar refractivity (Wildman–Crippen MR) is 143 cm³/mol. The van der Waals surface area contributed by atoms with E-state index in [1.165, 1.54) is 30.4 Å². The minimum atomic E-state index is -0.424. The number of benzene rings is 2. The van der Waals surface area contributed by atoms with Crippen LogP contribution in [0.3, 0.4) is 0 Å². The van der Waals surface area contributed by atoms with E-state index in [4.69, 9.17) is 25.5 Å². The molecule has 0 aliphatic rings. The fourth-order valence-electron chi connectivity index (χ4n) is 3.68. The van der Waals surface area contributed by atoms with Crippen molar-refractivity contribution in [2.24, 2.45) is 0 Å². The summed E-state index contributed by atoms with van der Waals surface area (Å²) in [6.45, 7) is 1.80. The van der Waals surface area contributed by atoms with Crippen LogP contribution in [0.4, 0.5) is 5.69 Å². The number of furan rings is 1. The Hall–Kier alpha value is -4.30. The average molecular weight is 520 g/mol. The van der Waals surface area contributed by atoms with E-state index in [1.54, 1.807) is 31.3 Å². The van der Waals surface area contributed by atoms with Crippen LogP contribution in [0.2, 0.25) is 5.02 Å². The van der Waals surface area contributed by atoms with Crippen LogP contribution >= 0.6 is 11.6 Å². The van der Waals surface area contributed by atoms with Gasteiger partial charge in [0, 0.05) is 24.2 Å². The number of para-hydroxylation sites is 1. The van der Waals surface area contributed by atoms with Crippen molar-refractivity contribution >= 4 is 46.1 Å². The van der Waals surface area contributed by atoms with Gasteiger partial charge in [-0.2, -0.15) is 0 Å². The number of ether oxygens (including phenoxy) is 2. The highest BCUT2D eigenvalue weighted by molar-refractivity contribution is 6.34. The lowest BCUT2D eigenvalue weighted by Gasteiger charge is -2.22. The number of hydrogen-bond donors (Lipinski definition) is 1. The second-order valence-electron chi connectivity index (χ2n) is 8.17. The highest BCUT2D eigenvalue weighted by Gasteiger charge is 2.20. The van der Waals surface area contributed by atoms with Crippen molar-refractivity contribution in [1.82, 2.24) is 10.3 Å². The molecule has 37 heavy (non-hydrogen) atoms. The summed E-state index contributed by atoms with van der Waals surface area (Å²) in [6.07, 6.45) is 4.32. The zero-order valence-corrected chi connectivity index (χ0v) is 21.4. The smallest absolute Gasteiger partial charge is 0.246 e. The van der Waals surface area contributed by atoms with E-state index in [2.05, 4.69) is 10.3 Å². The molecule has 4 aromatic rings. The van der Waals surface area contributed by atoms with Gasteiger partial charge in [-0.15, -0.1) is 0 Å². The molecular formula is C28H26ClN3O5. The number of nitrogens with zero attached hydrogens (tertiary/aromatic N) is 2. The molecule has 0 fully saturated rings.